The molecule has 1 aliphatic heterocycles. The van der Waals surface area contributed by atoms with Crippen LogP contribution in [0.1, 0.15) is 64.7 Å². The summed E-state index contributed by atoms with van der Waals surface area (Å²) in [6.45, 7) is 18.5. The van der Waals surface area contributed by atoms with E-state index in [9.17, 15) is 9.35 Å². The van der Waals surface area contributed by atoms with E-state index in [2.05, 4.69) is 38.6 Å². The molecule has 2 aliphatic rings. The predicted octanol–water partition coefficient (Wildman–Crippen LogP) is 4.67. The van der Waals surface area contributed by atoms with Crippen molar-refractivity contribution < 1.29 is 18.6 Å². The summed E-state index contributed by atoms with van der Waals surface area (Å²) in [4.78, 5) is 18.1. The lowest BCUT2D eigenvalue weighted by Crippen LogP contribution is -2.64. The number of hydroxylamine groups is 2. The highest BCUT2D eigenvalue weighted by Gasteiger charge is 2.59. The fourth-order valence-electron chi connectivity index (χ4n) is 4.17. The number of nitrogens with one attached hydrogen (secondary N) is 1. The van der Waals surface area contributed by atoms with Crippen LogP contribution in [0.5, 0.6) is 0 Å². The van der Waals surface area contributed by atoms with E-state index < -0.39 is 19.7 Å². The van der Waals surface area contributed by atoms with E-state index in [1.807, 2.05) is 39.0 Å². The number of hydrogen-bond acceptors (Lipinski definition) is 6. The lowest BCUT2D eigenvalue weighted by Gasteiger charge is -2.49. The highest BCUT2D eigenvalue weighted by molar-refractivity contribution is 7.90. The van der Waals surface area contributed by atoms with Crippen LogP contribution in [-0.4, -0.2) is 53.9 Å². The van der Waals surface area contributed by atoms with Crippen molar-refractivity contribution in [1.29, 1.82) is 0 Å². The zero-order chi connectivity index (χ0) is 23.9. The summed E-state index contributed by atoms with van der Waals surface area (Å²) in [5.74, 6) is -0.338. The van der Waals surface area contributed by atoms with Crippen molar-refractivity contribution in [2.75, 3.05) is 13.1 Å². The van der Waals surface area contributed by atoms with Crippen molar-refractivity contribution in [3.8, 4) is 0 Å². The number of nitrogens with zero attached hydrogens (tertiary/aromatic N) is 1. The Morgan fingerprint density at radius 2 is 1.75 bits per heavy atom. The third-order valence-corrected chi connectivity index (χ3v) is 13.3. The number of benzene rings is 1. The minimum absolute atomic E-state index is 0.0593. The molecule has 8 heteroatoms. The average Bonchev–Trinajstić information content (AvgIpc) is 2.97. The van der Waals surface area contributed by atoms with Crippen LogP contribution in [0.15, 0.2) is 30.3 Å². The summed E-state index contributed by atoms with van der Waals surface area (Å²) in [6.07, 6.45) is 1.84. The smallest absolute Gasteiger partial charge is 0.357 e. The second kappa shape index (κ2) is 9.04. The maximum absolute atomic E-state index is 12.9. The Hall–Kier alpha value is -0.903. The van der Waals surface area contributed by atoms with Gasteiger partial charge in [0.25, 0.3) is 0 Å². The monoisotopic (exact) mass is 480 g/mol. The zero-order valence-electron chi connectivity index (χ0n) is 20.9. The molecule has 1 saturated heterocycles. The third-order valence-electron chi connectivity index (χ3n) is 7.15. The molecule has 0 radical (unpaired) electrons. The number of rotatable bonds is 6. The van der Waals surface area contributed by atoms with E-state index in [0.29, 0.717) is 18.7 Å². The van der Waals surface area contributed by atoms with Gasteiger partial charge in [-0.1, -0.05) is 39.0 Å². The topological polar surface area (TPSA) is 73.9 Å². The van der Waals surface area contributed by atoms with Gasteiger partial charge in [-0.2, -0.15) is 0 Å². The fraction of sp³-hybridized carbons (Fsp3) is 0.708. The largest absolute Gasteiger partial charge is 0.598 e. The van der Waals surface area contributed by atoms with Crippen molar-refractivity contribution in [2.24, 2.45) is 5.41 Å². The summed E-state index contributed by atoms with van der Waals surface area (Å²) >= 11 is -1.17. The molecule has 1 aromatic rings. The van der Waals surface area contributed by atoms with Gasteiger partial charge < -0.3 is 13.8 Å². The van der Waals surface area contributed by atoms with Gasteiger partial charge in [-0.15, -0.1) is 9.79 Å². The van der Waals surface area contributed by atoms with Gasteiger partial charge in [0.05, 0.1) is 11.6 Å². The van der Waals surface area contributed by atoms with Gasteiger partial charge in [0.2, 0.25) is 0 Å². The van der Waals surface area contributed by atoms with E-state index >= 15 is 0 Å². The molecule has 1 saturated carbocycles. The fourth-order valence-corrected chi connectivity index (χ4v) is 6.49. The van der Waals surface area contributed by atoms with Crippen molar-refractivity contribution in [1.82, 2.24) is 9.79 Å². The highest BCUT2D eigenvalue weighted by atomic mass is 32.2. The standard InChI is InChI=1S/C24H40N2O4SSi/c1-22(2,3)31(28)25-20-14-19(30-32(7,8)23(4,5)6)15-24(20)16-26(17-24)29-21(27)18-12-10-9-11-13-18/h9-13,19-20,25H,14-17H2,1-8H3/t19?,20-,31-/m1/s1. The molecule has 1 N–H and O–H groups in total. The van der Waals surface area contributed by atoms with Gasteiger partial charge in [0, 0.05) is 36.0 Å². The first-order chi connectivity index (χ1) is 14.6. The first kappa shape index (κ1) is 25.7. The molecule has 32 heavy (non-hydrogen) atoms. The molecule has 0 bridgehead atoms. The van der Waals surface area contributed by atoms with Gasteiger partial charge in [-0.25, -0.2) is 4.79 Å². The molecule has 1 unspecified atom stereocenters. The van der Waals surface area contributed by atoms with Gasteiger partial charge in [-0.3, -0.25) is 0 Å². The summed E-state index contributed by atoms with van der Waals surface area (Å²) in [7, 11) is -1.92. The molecule has 180 valence electrons. The third kappa shape index (κ3) is 5.59. The Bertz CT molecular complexity index is 800. The number of carbonyl (C=O) groups is 1. The van der Waals surface area contributed by atoms with Crippen LogP contribution in [0.25, 0.3) is 0 Å². The first-order valence-corrected chi connectivity index (χ1v) is 15.6. The molecule has 1 spiro atoms. The SMILES string of the molecule is CC(C)(C)[S@@+]([O-])N[C@@H]1CC(O[Si](C)(C)C(C)(C)C)CC12CN(OC(=O)c1ccccc1)C2. The van der Waals surface area contributed by atoms with Crippen LogP contribution in [0.2, 0.25) is 18.1 Å². The molecule has 3 rings (SSSR count). The lowest BCUT2D eigenvalue weighted by molar-refractivity contribution is -0.213. The first-order valence-electron chi connectivity index (χ1n) is 11.5. The van der Waals surface area contributed by atoms with Gasteiger partial charge in [0.15, 0.2) is 8.32 Å². The van der Waals surface area contributed by atoms with Crippen LogP contribution in [0, 0.1) is 5.41 Å². The molecule has 6 nitrogen and oxygen atoms in total. The van der Waals surface area contributed by atoms with Crippen LogP contribution >= 0.6 is 0 Å². The molecule has 0 amide bonds. The Morgan fingerprint density at radius 1 is 1.16 bits per heavy atom. The number of carbonyl (C=O) groups excluding carboxylic acids is 1. The molecule has 0 aromatic heterocycles. The Morgan fingerprint density at radius 3 is 2.28 bits per heavy atom. The van der Waals surface area contributed by atoms with Crippen LogP contribution in [0.3, 0.4) is 0 Å². The van der Waals surface area contributed by atoms with E-state index in [1.54, 1.807) is 17.2 Å². The molecular formula is C24H40N2O4SSi. The highest BCUT2D eigenvalue weighted by Crippen LogP contribution is 2.49. The van der Waals surface area contributed by atoms with Crippen molar-refractivity contribution in [2.45, 2.75) is 89.4 Å². The number of hydrogen-bond donors (Lipinski definition) is 1. The molecule has 3 atom stereocenters. The van der Waals surface area contributed by atoms with Crippen LogP contribution < -0.4 is 4.72 Å². The van der Waals surface area contributed by atoms with Crippen molar-refractivity contribution in [3.05, 3.63) is 35.9 Å². The normalized spacial score (nSPS) is 24.9. The summed E-state index contributed by atoms with van der Waals surface area (Å²) in [5, 5.41) is 1.87. The minimum atomic E-state index is -1.92. The van der Waals surface area contributed by atoms with Crippen LogP contribution in [-0.2, 0) is 20.6 Å². The Labute approximate surface area is 197 Å². The maximum atomic E-state index is 12.9. The van der Waals surface area contributed by atoms with Crippen molar-refractivity contribution >= 4 is 25.6 Å². The summed E-state index contributed by atoms with van der Waals surface area (Å²) < 4.78 is 22.7. The van der Waals surface area contributed by atoms with Gasteiger partial charge in [0.1, 0.15) is 4.75 Å². The summed E-state index contributed by atoms with van der Waals surface area (Å²) in [6, 6.07) is 9.11. The second-order valence-corrected chi connectivity index (χ2v) is 18.7. The quantitative estimate of drug-likeness (QED) is 0.471. The average molecular weight is 481 g/mol. The molecule has 1 aromatic carbocycles. The van der Waals surface area contributed by atoms with E-state index in [0.717, 1.165) is 12.8 Å². The van der Waals surface area contributed by atoms with Gasteiger partial charge >= 0.3 is 5.97 Å². The Kier molecular flexibility index (Phi) is 7.26. The Balaban J connectivity index is 1.69. The van der Waals surface area contributed by atoms with Gasteiger partial charge in [-0.05, 0) is 63.9 Å². The molecule has 1 heterocycles. The van der Waals surface area contributed by atoms with E-state index in [1.165, 1.54) is 0 Å². The zero-order valence-corrected chi connectivity index (χ0v) is 22.7. The molecule has 2 fully saturated rings. The van der Waals surface area contributed by atoms with E-state index in [-0.39, 0.29) is 33.3 Å². The van der Waals surface area contributed by atoms with Crippen molar-refractivity contribution in [3.63, 3.8) is 0 Å². The molecular weight excluding hydrogens is 440 g/mol. The summed E-state index contributed by atoms with van der Waals surface area (Å²) in [5.41, 5.74) is 0.438. The molecule has 1 aliphatic carbocycles. The minimum Gasteiger partial charge on any atom is -0.598 e. The lowest BCUT2D eigenvalue weighted by atomic mass is 9.76. The maximum Gasteiger partial charge on any atom is 0.357 e. The van der Waals surface area contributed by atoms with Crippen LogP contribution in [0.4, 0.5) is 0 Å². The predicted molar refractivity (Wildman–Crippen MR) is 132 cm³/mol. The second-order valence-electron chi connectivity index (χ2n) is 11.9. The van der Waals surface area contributed by atoms with E-state index in [4.69, 9.17) is 9.26 Å².